The van der Waals surface area contributed by atoms with Crippen molar-refractivity contribution in [1.82, 2.24) is 5.43 Å². The van der Waals surface area contributed by atoms with Crippen molar-refractivity contribution in [1.29, 1.82) is 0 Å². The van der Waals surface area contributed by atoms with Crippen LogP contribution in [0, 0.1) is 20.2 Å². The number of hydrogen-bond donors (Lipinski definition) is 1. The van der Waals surface area contributed by atoms with Crippen LogP contribution in [0.15, 0.2) is 84.0 Å². The highest BCUT2D eigenvalue weighted by Gasteiger charge is 2.23. The van der Waals surface area contributed by atoms with Crippen molar-refractivity contribution in [3.8, 4) is 23.0 Å². The van der Waals surface area contributed by atoms with Gasteiger partial charge in [0.15, 0.2) is 17.2 Å². The third kappa shape index (κ3) is 7.30. The maximum Gasteiger partial charge on any atom is 0.318 e. The lowest BCUT2D eigenvalue weighted by molar-refractivity contribution is -0.394. The quantitative estimate of drug-likeness (QED) is 0.108. The number of ether oxygens (including phenoxy) is 3. The lowest BCUT2D eigenvalue weighted by Gasteiger charge is -2.12. The number of benzene rings is 4. The summed E-state index contributed by atoms with van der Waals surface area (Å²) in [7, 11) is 1.46. The lowest BCUT2D eigenvalue weighted by Crippen LogP contribution is -2.17. The molecule has 4 rings (SSSR count). The number of nitrogens with zero attached hydrogens (tertiary/aromatic N) is 3. The Morgan fingerprint density at radius 2 is 1.60 bits per heavy atom. The molecule has 4 aromatic carbocycles. The largest absolute Gasteiger partial charge is 0.493 e. The molecule has 0 spiro atoms. The van der Waals surface area contributed by atoms with Gasteiger partial charge in [0.1, 0.15) is 6.61 Å². The molecule has 214 valence electrons. The first kappa shape index (κ1) is 29.8. The molecular formula is C28H20Cl2N4O8. The molecule has 0 heterocycles. The zero-order valence-electron chi connectivity index (χ0n) is 21.7. The number of carbonyl (C=O) groups is 1. The summed E-state index contributed by atoms with van der Waals surface area (Å²) in [4.78, 5) is 33.4. The maximum absolute atomic E-state index is 12.6. The summed E-state index contributed by atoms with van der Waals surface area (Å²) in [5.74, 6) is -0.105. The van der Waals surface area contributed by atoms with E-state index in [4.69, 9.17) is 37.4 Å². The number of hydrogen-bond acceptors (Lipinski definition) is 9. The molecule has 0 aliphatic rings. The number of methoxy groups -OCH3 is 1. The Hall–Kier alpha value is -5.20. The van der Waals surface area contributed by atoms with Crippen LogP contribution < -0.4 is 19.6 Å². The molecule has 12 nitrogen and oxygen atoms in total. The Labute approximate surface area is 248 Å². The first-order valence-corrected chi connectivity index (χ1v) is 12.7. The Kier molecular flexibility index (Phi) is 9.53. The smallest absolute Gasteiger partial charge is 0.318 e. The summed E-state index contributed by atoms with van der Waals surface area (Å²) in [5.41, 5.74) is 2.88. The fourth-order valence-electron chi connectivity index (χ4n) is 3.60. The summed E-state index contributed by atoms with van der Waals surface area (Å²) in [6.45, 7) is 0.326. The number of non-ortho nitro benzene ring substituents is 1. The van der Waals surface area contributed by atoms with Gasteiger partial charge in [-0.05, 0) is 47.5 Å². The van der Waals surface area contributed by atoms with Gasteiger partial charge in [-0.2, -0.15) is 5.10 Å². The van der Waals surface area contributed by atoms with Crippen molar-refractivity contribution in [2.45, 2.75) is 6.61 Å². The molecule has 4 aromatic rings. The fraction of sp³-hybridized carbons (Fsp3) is 0.0714. The molecular weight excluding hydrogens is 591 g/mol. The molecule has 0 saturated carbocycles. The van der Waals surface area contributed by atoms with Crippen LogP contribution in [-0.4, -0.2) is 29.1 Å². The van der Waals surface area contributed by atoms with E-state index in [-0.39, 0.29) is 27.1 Å². The van der Waals surface area contributed by atoms with Gasteiger partial charge in [0.25, 0.3) is 11.6 Å². The van der Waals surface area contributed by atoms with Gasteiger partial charge in [-0.3, -0.25) is 25.0 Å². The van der Waals surface area contributed by atoms with Crippen LogP contribution in [0.1, 0.15) is 21.5 Å². The van der Waals surface area contributed by atoms with Gasteiger partial charge in [-0.15, -0.1) is 0 Å². The molecule has 0 unspecified atom stereocenters. The van der Waals surface area contributed by atoms with E-state index in [1.807, 2.05) is 30.3 Å². The van der Waals surface area contributed by atoms with E-state index >= 15 is 0 Å². The monoisotopic (exact) mass is 610 g/mol. The molecule has 1 N–H and O–H groups in total. The number of hydrazone groups is 1. The topological polar surface area (TPSA) is 155 Å². The van der Waals surface area contributed by atoms with Crippen LogP contribution in [-0.2, 0) is 6.61 Å². The number of halogens is 2. The third-order valence-corrected chi connectivity index (χ3v) is 6.19. The number of rotatable bonds is 11. The molecule has 0 atom stereocenters. The Balaban J connectivity index is 1.43. The summed E-state index contributed by atoms with van der Waals surface area (Å²) < 4.78 is 16.7. The predicted octanol–water partition coefficient (Wildman–Crippen LogP) is 6.95. The molecule has 1 amide bonds. The highest BCUT2D eigenvalue weighted by molar-refractivity contribution is 6.37. The Bertz CT molecular complexity index is 1660. The normalized spacial score (nSPS) is 10.7. The van der Waals surface area contributed by atoms with E-state index in [2.05, 4.69) is 10.5 Å². The molecule has 0 bridgehead atoms. The molecule has 0 aliphatic carbocycles. The number of nitro benzene ring substituents is 2. The molecule has 0 aliphatic heterocycles. The van der Waals surface area contributed by atoms with Crippen molar-refractivity contribution in [3.05, 3.63) is 126 Å². The van der Waals surface area contributed by atoms with Crippen LogP contribution >= 0.6 is 23.2 Å². The minimum atomic E-state index is -0.825. The van der Waals surface area contributed by atoms with E-state index in [0.717, 1.165) is 23.8 Å². The van der Waals surface area contributed by atoms with Crippen LogP contribution in [0.25, 0.3) is 0 Å². The van der Waals surface area contributed by atoms with Crippen LogP contribution in [0.3, 0.4) is 0 Å². The average Bonchev–Trinajstić information content (AvgIpc) is 2.98. The van der Waals surface area contributed by atoms with E-state index in [1.165, 1.54) is 31.5 Å². The van der Waals surface area contributed by atoms with Gasteiger partial charge in [-0.1, -0.05) is 53.5 Å². The second kappa shape index (κ2) is 13.4. The minimum Gasteiger partial charge on any atom is -0.493 e. The maximum atomic E-state index is 12.6. The molecule has 14 heteroatoms. The Morgan fingerprint density at radius 3 is 2.24 bits per heavy atom. The third-order valence-electron chi connectivity index (χ3n) is 5.63. The first-order chi connectivity index (χ1) is 20.2. The summed E-state index contributed by atoms with van der Waals surface area (Å²) >= 11 is 12.6. The van der Waals surface area contributed by atoms with Gasteiger partial charge >= 0.3 is 5.69 Å². The second-order valence-electron chi connectivity index (χ2n) is 8.42. The highest BCUT2D eigenvalue weighted by atomic mass is 35.5. The van der Waals surface area contributed by atoms with Crippen LogP contribution in [0.4, 0.5) is 11.4 Å². The van der Waals surface area contributed by atoms with Gasteiger partial charge < -0.3 is 14.2 Å². The van der Waals surface area contributed by atoms with E-state index in [9.17, 15) is 25.0 Å². The fourth-order valence-corrected chi connectivity index (χ4v) is 4.18. The standard InChI is InChI=1S/C28H20Cl2N4O8/c1-40-26-13-19(7-9-25(26)41-16-17-5-3-2-4-6-17)28(35)32-31-15-18-11-21(29)27(22(30)12-18)42-24-10-8-20(33(36)37)14-23(24)34(38)39/h2-15H,16H2,1H3,(H,32,35)/b31-15+. The van der Waals surface area contributed by atoms with E-state index in [0.29, 0.717) is 23.7 Å². The van der Waals surface area contributed by atoms with E-state index < -0.39 is 27.1 Å². The SMILES string of the molecule is COc1cc(C(=O)N/N=C/c2cc(Cl)c(Oc3ccc([N+](=O)[O-])cc3[N+](=O)[O-])c(Cl)c2)ccc1OCc1ccccc1. The van der Waals surface area contributed by atoms with Crippen molar-refractivity contribution in [3.63, 3.8) is 0 Å². The highest BCUT2D eigenvalue weighted by Crippen LogP contribution is 2.41. The van der Waals surface area contributed by atoms with Crippen LogP contribution in [0.5, 0.6) is 23.0 Å². The van der Waals surface area contributed by atoms with Gasteiger partial charge in [0, 0.05) is 11.6 Å². The molecule has 0 saturated heterocycles. The molecule has 0 radical (unpaired) electrons. The van der Waals surface area contributed by atoms with Gasteiger partial charge in [0.05, 0.1) is 39.3 Å². The summed E-state index contributed by atoms with van der Waals surface area (Å²) in [6.07, 6.45) is 1.28. The summed E-state index contributed by atoms with van der Waals surface area (Å²) in [5, 5.41) is 26.2. The average molecular weight is 611 g/mol. The summed E-state index contributed by atoms with van der Waals surface area (Å²) in [6, 6.07) is 20.0. The zero-order valence-corrected chi connectivity index (χ0v) is 23.2. The van der Waals surface area contributed by atoms with Crippen molar-refractivity contribution < 1.29 is 28.9 Å². The number of amides is 1. The van der Waals surface area contributed by atoms with Gasteiger partial charge in [-0.25, -0.2) is 5.43 Å². The van der Waals surface area contributed by atoms with Crippen LogP contribution in [0.2, 0.25) is 10.0 Å². The Morgan fingerprint density at radius 1 is 0.905 bits per heavy atom. The first-order valence-electron chi connectivity index (χ1n) is 11.9. The number of nitrogens with one attached hydrogen (secondary N) is 1. The molecule has 0 fully saturated rings. The minimum absolute atomic E-state index is 0.0289. The lowest BCUT2D eigenvalue weighted by atomic mass is 10.2. The number of nitro groups is 2. The predicted molar refractivity (Wildman–Crippen MR) is 155 cm³/mol. The zero-order chi connectivity index (χ0) is 30.2. The van der Waals surface area contributed by atoms with Gasteiger partial charge in [0.2, 0.25) is 5.75 Å². The second-order valence-corrected chi connectivity index (χ2v) is 9.24. The van der Waals surface area contributed by atoms with Crippen molar-refractivity contribution >= 4 is 46.7 Å². The molecule has 42 heavy (non-hydrogen) atoms. The van der Waals surface area contributed by atoms with Crippen molar-refractivity contribution in [2.75, 3.05) is 7.11 Å². The van der Waals surface area contributed by atoms with E-state index in [1.54, 1.807) is 12.1 Å². The number of carbonyl (C=O) groups excluding carboxylic acids is 1. The van der Waals surface area contributed by atoms with Crippen molar-refractivity contribution in [2.24, 2.45) is 5.10 Å². The molecule has 0 aromatic heterocycles.